The van der Waals surface area contributed by atoms with E-state index in [9.17, 15) is 0 Å². The number of hydrogen-bond acceptors (Lipinski definition) is 3. The standard InChI is InChI=1S/C16H16ClN3/c1-20-14-10-6-5-9-13(14)16(19-15(20)11-17)18-12-7-3-2-4-8-12/h2-10,15H,11H2,1H3,(H,18,19). The Balaban J connectivity index is 2.00. The molecule has 0 fully saturated rings. The summed E-state index contributed by atoms with van der Waals surface area (Å²) in [6.45, 7) is 0. The molecule has 2 aromatic carbocycles. The first kappa shape index (κ1) is 13.0. The topological polar surface area (TPSA) is 27.6 Å². The first-order valence-electron chi connectivity index (χ1n) is 6.57. The number of anilines is 2. The van der Waals surface area contributed by atoms with Gasteiger partial charge in [0.05, 0.1) is 5.88 Å². The Morgan fingerprint density at radius 1 is 1.10 bits per heavy atom. The molecule has 3 nitrogen and oxygen atoms in total. The maximum Gasteiger partial charge on any atom is 0.137 e. The highest BCUT2D eigenvalue weighted by Crippen LogP contribution is 2.28. The lowest BCUT2D eigenvalue weighted by molar-refractivity contribution is 0.719. The van der Waals surface area contributed by atoms with Crippen molar-refractivity contribution in [1.82, 2.24) is 0 Å². The van der Waals surface area contributed by atoms with Crippen LogP contribution in [0.1, 0.15) is 5.56 Å². The minimum absolute atomic E-state index is 0.0437. The summed E-state index contributed by atoms with van der Waals surface area (Å²) in [5.41, 5.74) is 3.27. The van der Waals surface area contributed by atoms with E-state index >= 15 is 0 Å². The number of halogens is 1. The fraction of sp³-hybridized carbons (Fsp3) is 0.188. The van der Waals surface area contributed by atoms with Crippen LogP contribution in [0.2, 0.25) is 0 Å². The average molecular weight is 286 g/mol. The van der Waals surface area contributed by atoms with Gasteiger partial charge in [-0.1, -0.05) is 30.3 Å². The van der Waals surface area contributed by atoms with Crippen molar-refractivity contribution in [2.45, 2.75) is 6.17 Å². The molecule has 0 radical (unpaired) electrons. The first-order chi connectivity index (χ1) is 9.79. The second-order valence-corrected chi connectivity index (χ2v) is 5.04. The number of rotatable bonds is 2. The van der Waals surface area contributed by atoms with Crippen molar-refractivity contribution in [3.8, 4) is 0 Å². The predicted octanol–water partition coefficient (Wildman–Crippen LogP) is 3.56. The van der Waals surface area contributed by atoms with Crippen molar-refractivity contribution in [1.29, 1.82) is 0 Å². The summed E-state index contributed by atoms with van der Waals surface area (Å²) >= 11 is 6.03. The second-order valence-electron chi connectivity index (χ2n) is 4.73. The number of aliphatic imine (C=N–C) groups is 1. The molecule has 0 aromatic heterocycles. The molecule has 102 valence electrons. The molecule has 0 saturated heterocycles. The number of nitrogens with one attached hydrogen (secondary N) is 1. The van der Waals surface area contributed by atoms with Crippen LogP contribution in [0.3, 0.4) is 0 Å². The van der Waals surface area contributed by atoms with Crippen LogP contribution in [0.25, 0.3) is 0 Å². The van der Waals surface area contributed by atoms with E-state index in [2.05, 4.69) is 22.3 Å². The molecule has 20 heavy (non-hydrogen) atoms. The molecule has 0 spiro atoms. The van der Waals surface area contributed by atoms with Gasteiger partial charge in [0.25, 0.3) is 0 Å². The Kier molecular flexibility index (Phi) is 3.61. The molecule has 1 N–H and O–H groups in total. The first-order valence-corrected chi connectivity index (χ1v) is 7.11. The van der Waals surface area contributed by atoms with E-state index < -0.39 is 0 Å². The summed E-state index contributed by atoms with van der Waals surface area (Å²) in [6.07, 6.45) is -0.0437. The predicted molar refractivity (Wildman–Crippen MR) is 86.0 cm³/mol. The highest BCUT2D eigenvalue weighted by molar-refractivity contribution is 6.19. The van der Waals surface area contributed by atoms with Crippen molar-refractivity contribution in [3.05, 3.63) is 60.2 Å². The summed E-state index contributed by atoms with van der Waals surface area (Å²) in [4.78, 5) is 6.83. The largest absolute Gasteiger partial charge is 0.351 e. The third-order valence-corrected chi connectivity index (χ3v) is 3.71. The van der Waals surface area contributed by atoms with Gasteiger partial charge < -0.3 is 10.2 Å². The molecule has 1 unspecified atom stereocenters. The SMILES string of the molecule is CN1c2ccccc2C(Nc2ccccc2)=NC1CCl. The normalized spacial score (nSPS) is 17.4. The van der Waals surface area contributed by atoms with Gasteiger partial charge in [-0.15, -0.1) is 11.6 Å². The van der Waals surface area contributed by atoms with E-state index in [1.54, 1.807) is 0 Å². The third kappa shape index (κ3) is 2.37. The van der Waals surface area contributed by atoms with Crippen LogP contribution in [-0.4, -0.2) is 24.9 Å². The van der Waals surface area contributed by atoms with Gasteiger partial charge in [-0.05, 0) is 24.3 Å². The highest BCUT2D eigenvalue weighted by Gasteiger charge is 2.24. The highest BCUT2D eigenvalue weighted by atomic mass is 35.5. The van der Waals surface area contributed by atoms with Crippen LogP contribution in [0, 0.1) is 0 Å². The summed E-state index contributed by atoms with van der Waals surface area (Å²) in [6, 6.07) is 18.3. The zero-order chi connectivity index (χ0) is 13.9. The second kappa shape index (κ2) is 5.55. The lowest BCUT2D eigenvalue weighted by atomic mass is 10.1. The van der Waals surface area contributed by atoms with E-state index in [1.807, 2.05) is 49.5 Å². The van der Waals surface area contributed by atoms with Gasteiger partial charge in [-0.25, -0.2) is 4.99 Å². The fourth-order valence-electron chi connectivity index (χ4n) is 2.34. The van der Waals surface area contributed by atoms with E-state index in [0.717, 1.165) is 22.8 Å². The number of nitrogens with zero attached hydrogens (tertiary/aromatic N) is 2. The Morgan fingerprint density at radius 2 is 1.80 bits per heavy atom. The minimum atomic E-state index is -0.0437. The van der Waals surface area contributed by atoms with Gasteiger partial charge in [0.2, 0.25) is 0 Å². The maximum absolute atomic E-state index is 6.03. The third-order valence-electron chi connectivity index (χ3n) is 3.44. The molecular weight excluding hydrogens is 270 g/mol. The van der Waals surface area contributed by atoms with Crippen molar-refractivity contribution >= 4 is 28.8 Å². The number of alkyl halides is 1. The Morgan fingerprint density at radius 3 is 2.55 bits per heavy atom. The van der Waals surface area contributed by atoms with Crippen LogP contribution in [-0.2, 0) is 0 Å². The molecule has 1 heterocycles. The van der Waals surface area contributed by atoms with Crippen molar-refractivity contribution < 1.29 is 0 Å². The van der Waals surface area contributed by atoms with Gasteiger partial charge in [0.15, 0.2) is 0 Å². The molecule has 0 saturated carbocycles. The Hall–Kier alpha value is -2.00. The average Bonchev–Trinajstić information content (AvgIpc) is 2.51. The minimum Gasteiger partial charge on any atom is -0.351 e. The summed E-state index contributed by atoms with van der Waals surface area (Å²) in [7, 11) is 2.02. The Bertz CT molecular complexity index is 625. The zero-order valence-electron chi connectivity index (χ0n) is 11.3. The Labute approximate surface area is 123 Å². The molecule has 1 aliphatic rings. The summed E-state index contributed by atoms with van der Waals surface area (Å²) in [5.74, 6) is 1.33. The molecular formula is C16H16ClN3. The van der Waals surface area contributed by atoms with Gasteiger partial charge in [0.1, 0.15) is 12.0 Å². The number of amidine groups is 1. The van der Waals surface area contributed by atoms with Crippen LogP contribution < -0.4 is 10.2 Å². The van der Waals surface area contributed by atoms with Crippen molar-refractivity contribution in [2.24, 2.45) is 4.99 Å². The number of para-hydroxylation sites is 2. The van der Waals surface area contributed by atoms with Gasteiger partial charge in [-0.3, -0.25) is 0 Å². The molecule has 4 heteroatoms. The zero-order valence-corrected chi connectivity index (χ0v) is 12.0. The van der Waals surface area contributed by atoms with E-state index in [4.69, 9.17) is 16.6 Å². The molecule has 1 atom stereocenters. The van der Waals surface area contributed by atoms with Crippen LogP contribution in [0.4, 0.5) is 11.4 Å². The van der Waals surface area contributed by atoms with Gasteiger partial charge >= 0.3 is 0 Å². The number of benzene rings is 2. The quantitative estimate of drug-likeness (QED) is 0.855. The molecule has 0 bridgehead atoms. The van der Waals surface area contributed by atoms with E-state index in [1.165, 1.54) is 0 Å². The maximum atomic E-state index is 6.03. The van der Waals surface area contributed by atoms with Gasteiger partial charge in [0, 0.05) is 24.0 Å². The number of fused-ring (bicyclic) bond motifs is 1. The lowest BCUT2D eigenvalue weighted by Gasteiger charge is -2.33. The van der Waals surface area contributed by atoms with Gasteiger partial charge in [-0.2, -0.15) is 0 Å². The number of hydrogen-bond donors (Lipinski definition) is 1. The smallest absolute Gasteiger partial charge is 0.137 e. The van der Waals surface area contributed by atoms with E-state index in [0.29, 0.717) is 5.88 Å². The van der Waals surface area contributed by atoms with E-state index in [-0.39, 0.29) is 6.17 Å². The van der Waals surface area contributed by atoms with Crippen LogP contribution in [0.5, 0.6) is 0 Å². The molecule has 3 rings (SSSR count). The molecule has 0 amide bonds. The van der Waals surface area contributed by atoms with Crippen LogP contribution >= 0.6 is 11.6 Å². The lowest BCUT2D eigenvalue weighted by Crippen LogP contribution is -2.38. The molecule has 0 aliphatic carbocycles. The van der Waals surface area contributed by atoms with Crippen LogP contribution in [0.15, 0.2) is 59.6 Å². The van der Waals surface area contributed by atoms with Crippen molar-refractivity contribution in [2.75, 3.05) is 23.1 Å². The fourth-order valence-corrected chi connectivity index (χ4v) is 2.62. The van der Waals surface area contributed by atoms with Crippen molar-refractivity contribution in [3.63, 3.8) is 0 Å². The molecule has 1 aliphatic heterocycles. The summed E-state index contributed by atoms with van der Waals surface area (Å²) in [5, 5.41) is 3.39. The molecule has 2 aromatic rings. The monoisotopic (exact) mass is 285 g/mol. The summed E-state index contributed by atoms with van der Waals surface area (Å²) < 4.78 is 0.